The highest BCUT2D eigenvalue weighted by Gasteiger charge is 2.54. The van der Waals surface area contributed by atoms with E-state index >= 15 is 0 Å². The van der Waals surface area contributed by atoms with Gasteiger partial charge in [-0.2, -0.15) is 0 Å². The second kappa shape index (κ2) is 7.15. The summed E-state index contributed by atoms with van der Waals surface area (Å²) in [5, 5.41) is 18.9. The SMILES string of the molecule is CCC1=C(c2ccccc2)C(OC(=O)O)(OC(=O)O)c2c(CC)cccc21. The topological polar surface area (TPSA) is 93.1 Å². The highest BCUT2D eigenvalue weighted by atomic mass is 16.8. The Morgan fingerprint density at radius 2 is 1.52 bits per heavy atom. The maximum absolute atomic E-state index is 11.6. The molecule has 1 aliphatic rings. The van der Waals surface area contributed by atoms with Crippen molar-refractivity contribution in [3.63, 3.8) is 0 Å². The van der Waals surface area contributed by atoms with Crippen molar-refractivity contribution in [2.45, 2.75) is 32.5 Å². The Bertz CT molecular complexity index is 898. The summed E-state index contributed by atoms with van der Waals surface area (Å²) < 4.78 is 10.5. The maximum Gasteiger partial charge on any atom is 0.509 e. The van der Waals surface area contributed by atoms with E-state index in [4.69, 9.17) is 9.47 Å². The van der Waals surface area contributed by atoms with Gasteiger partial charge in [0.1, 0.15) is 0 Å². The van der Waals surface area contributed by atoms with Crippen LogP contribution in [0.5, 0.6) is 0 Å². The molecule has 0 atom stereocenters. The second-order valence-corrected chi connectivity index (χ2v) is 6.12. The van der Waals surface area contributed by atoms with Gasteiger partial charge in [-0.05, 0) is 35.1 Å². The number of aryl methyl sites for hydroxylation is 1. The molecule has 0 saturated carbocycles. The van der Waals surface area contributed by atoms with E-state index in [2.05, 4.69) is 0 Å². The first kappa shape index (κ1) is 18.5. The molecule has 0 aliphatic heterocycles. The van der Waals surface area contributed by atoms with Crippen LogP contribution in [0.3, 0.4) is 0 Å². The Morgan fingerprint density at radius 1 is 0.889 bits per heavy atom. The van der Waals surface area contributed by atoms with Gasteiger partial charge in [0.05, 0.1) is 11.1 Å². The van der Waals surface area contributed by atoms with E-state index in [0.29, 0.717) is 29.5 Å². The number of fused-ring (bicyclic) bond motifs is 1. The predicted octanol–water partition coefficient (Wildman–Crippen LogP) is 5.13. The predicted molar refractivity (Wildman–Crippen MR) is 99.3 cm³/mol. The van der Waals surface area contributed by atoms with Gasteiger partial charge in [-0.15, -0.1) is 0 Å². The molecule has 0 aromatic heterocycles. The first-order chi connectivity index (χ1) is 12.9. The molecule has 0 bridgehead atoms. The molecule has 0 unspecified atom stereocenters. The zero-order valence-electron chi connectivity index (χ0n) is 15.1. The lowest BCUT2D eigenvalue weighted by molar-refractivity contribution is -0.146. The molecular formula is C21H20O6. The third-order valence-corrected chi connectivity index (χ3v) is 4.69. The van der Waals surface area contributed by atoms with Crippen LogP contribution in [0.2, 0.25) is 0 Å². The molecule has 0 saturated heterocycles. The van der Waals surface area contributed by atoms with E-state index in [0.717, 1.165) is 16.7 Å². The average Bonchev–Trinajstić information content (AvgIpc) is 2.90. The van der Waals surface area contributed by atoms with Crippen LogP contribution in [0, 0.1) is 0 Å². The smallest absolute Gasteiger partial charge is 0.450 e. The molecule has 140 valence electrons. The molecule has 0 spiro atoms. The van der Waals surface area contributed by atoms with Crippen LogP contribution in [-0.4, -0.2) is 22.5 Å². The standard InChI is InChI=1S/C21H20O6/c1-3-13-11-8-12-16-15(4-2)18(14-9-6-5-7-10-14)21(17(13)16,26-19(22)23)27-20(24)25/h5-12H,3-4H2,1-2H3,(H,22,23)(H,24,25). The van der Waals surface area contributed by atoms with Gasteiger partial charge in [-0.3, -0.25) is 0 Å². The van der Waals surface area contributed by atoms with Crippen LogP contribution in [0.4, 0.5) is 9.59 Å². The number of benzene rings is 2. The van der Waals surface area contributed by atoms with E-state index in [9.17, 15) is 19.8 Å². The minimum Gasteiger partial charge on any atom is -0.450 e. The van der Waals surface area contributed by atoms with Crippen molar-refractivity contribution >= 4 is 23.5 Å². The Kier molecular flexibility index (Phi) is 4.90. The minimum absolute atomic E-state index is 0.409. The lowest BCUT2D eigenvalue weighted by Crippen LogP contribution is -2.37. The number of ether oxygens (including phenoxy) is 2. The molecule has 0 amide bonds. The fourth-order valence-electron chi connectivity index (χ4n) is 3.80. The number of rotatable bonds is 5. The Hall–Kier alpha value is -3.28. The molecule has 1 aliphatic carbocycles. The van der Waals surface area contributed by atoms with Crippen LogP contribution < -0.4 is 0 Å². The zero-order chi connectivity index (χ0) is 19.6. The highest BCUT2D eigenvalue weighted by molar-refractivity contribution is 6.01. The average molecular weight is 368 g/mol. The normalized spacial score (nSPS) is 14.6. The number of allylic oxidation sites excluding steroid dienone is 1. The summed E-state index contributed by atoms with van der Waals surface area (Å²) in [6, 6.07) is 14.5. The molecule has 6 nitrogen and oxygen atoms in total. The summed E-state index contributed by atoms with van der Waals surface area (Å²) in [4.78, 5) is 23.2. The van der Waals surface area contributed by atoms with Crippen molar-refractivity contribution in [3.8, 4) is 0 Å². The third-order valence-electron chi connectivity index (χ3n) is 4.69. The molecule has 27 heavy (non-hydrogen) atoms. The van der Waals surface area contributed by atoms with Gasteiger partial charge in [-0.25, -0.2) is 9.59 Å². The van der Waals surface area contributed by atoms with Gasteiger partial charge in [0.15, 0.2) is 0 Å². The van der Waals surface area contributed by atoms with E-state index in [-0.39, 0.29) is 0 Å². The van der Waals surface area contributed by atoms with Crippen molar-refractivity contribution in [2.75, 3.05) is 0 Å². The molecule has 0 heterocycles. The van der Waals surface area contributed by atoms with E-state index in [1.165, 1.54) is 0 Å². The van der Waals surface area contributed by atoms with Crippen LogP contribution in [-0.2, 0) is 21.7 Å². The maximum atomic E-state index is 11.6. The van der Waals surface area contributed by atoms with Crippen molar-refractivity contribution in [2.24, 2.45) is 0 Å². The van der Waals surface area contributed by atoms with Crippen LogP contribution in [0.25, 0.3) is 11.1 Å². The number of hydrogen-bond acceptors (Lipinski definition) is 4. The Morgan fingerprint density at radius 3 is 2.04 bits per heavy atom. The second-order valence-electron chi connectivity index (χ2n) is 6.12. The molecule has 0 radical (unpaired) electrons. The summed E-state index contributed by atoms with van der Waals surface area (Å²) in [6.45, 7) is 3.84. The molecule has 3 rings (SSSR count). The van der Waals surface area contributed by atoms with Gasteiger partial charge in [0, 0.05) is 0 Å². The molecule has 2 aromatic rings. The van der Waals surface area contributed by atoms with E-state index < -0.39 is 18.1 Å². The zero-order valence-corrected chi connectivity index (χ0v) is 15.1. The monoisotopic (exact) mass is 368 g/mol. The van der Waals surface area contributed by atoms with Crippen molar-refractivity contribution in [3.05, 3.63) is 70.8 Å². The number of hydrogen-bond donors (Lipinski definition) is 2. The van der Waals surface area contributed by atoms with Crippen LogP contribution >= 0.6 is 0 Å². The summed E-state index contributed by atoms with van der Waals surface area (Å²) in [7, 11) is 0. The fourth-order valence-corrected chi connectivity index (χ4v) is 3.80. The van der Waals surface area contributed by atoms with Crippen LogP contribution in [0.15, 0.2) is 48.5 Å². The van der Waals surface area contributed by atoms with Gasteiger partial charge < -0.3 is 19.7 Å². The van der Waals surface area contributed by atoms with Crippen LogP contribution in [0.1, 0.15) is 42.5 Å². The number of carboxylic acid groups (broad SMARTS) is 2. The fraction of sp³-hybridized carbons (Fsp3) is 0.238. The summed E-state index contributed by atoms with van der Waals surface area (Å²) >= 11 is 0. The lowest BCUT2D eigenvalue weighted by atomic mass is 9.92. The summed E-state index contributed by atoms with van der Waals surface area (Å²) in [5.41, 5.74) is 3.81. The molecule has 0 fully saturated rings. The third kappa shape index (κ3) is 3.03. The van der Waals surface area contributed by atoms with Crippen molar-refractivity contribution in [1.82, 2.24) is 0 Å². The molecule has 2 N–H and O–H groups in total. The van der Waals surface area contributed by atoms with Gasteiger partial charge >= 0.3 is 18.1 Å². The number of carbonyl (C=O) groups is 2. The summed E-state index contributed by atoms with van der Waals surface area (Å²) in [5.74, 6) is -2.06. The largest absolute Gasteiger partial charge is 0.509 e. The lowest BCUT2D eigenvalue weighted by Gasteiger charge is -2.31. The quantitative estimate of drug-likeness (QED) is 0.562. The van der Waals surface area contributed by atoms with Gasteiger partial charge in [-0.1, -0.05) is 62.4 Å². The molecule has 6 heteroatoms. The van der Waals surface area contributed by atoms with Gasteiger partial charge in [0.2, 0.25) is 0 Å². The van der Waals surface area contributed by atoms with Crippen molar-refractivity contribution in [1.29, 1.82) is 0 Å². The minimum atomic E-state index is -2.06. The highest BCUT2D eigenvalue weighted by Crippen LogP contribution is 2.55. The molecule has 2 aromatic carbocycles. The summed E-state index contributed by atoms with van der Waals surface area (Å²) in [6.07, 6.45) is -2.11. The Labute approximate surface area is 156 Å². The van der Waals surface area contributed by atoms with Gasteiger partial charge in [0.25, 0.3) is 0 Å². The van der Waals surface area contributed by atoms with E-state index in [1.807, 2.05) is 38.1 Å². The Balaban J connectivity index is 2.43. The first-order valence-electron chi connectivity index (χ1n) is 8.70. The molecular weight excluding hydrogens is 348 g/mol. The van der Waals surface area contributed by atoms with E-state index in [1.54, 1.807) is 24.3 Å². The van der Waals surface area contributed by atoms with Crippen molar-refractivity contribution < 1.29 is 29.3 Å². The first-order valence-corrected chi connectivity index (χ1v) is 8.70.